The number of nitrogens with zero attached hydrogens (tertiary/aromatic N) is 1. The second-order valence-corrected chi connectivity index (χ2v) is 5.71. The molecule has 0 aromatic carbocycles. The van der Waals surface area contributed by atoms with E-state index in [0.29, 0.717) is 0 Å². The molecule has 5 nitrogen and oxygen atoms in total. The lowest BCUT2D eigenvalue weighted by atomic mass is 10.2. The third-order valence-electron chi connectivity index (χ3n) is 3.20. The molecule has 1 heterocycles. The fourth-order valence-electron chi connectivity index (χ4n) is 2.40. The lowest BCUT2D eigenvalue weighted by Crippen LogP contribution is -2.37. The smallest absolute Gasteiger partial charge is 0.414 e. The monoisotopic (exact) mass is 253 g/mol. The topological polar surface area (TPSA) is 55.8 Å². The number of allylic oxidation sites excluding steroid dienone is 1. The van der Waals surface area contributed by atoms with Gasteiger partial charge in [0.2, 0.25) is 0 Å². The Labute approximate surface area is 107 Å². The first-order chi connectivity index (χ1) is 8.35. The van der Waals surface area contributed by atoms with E-state index in [9.17, 15) is 9.59 Å². The van der Waals surface area contributed by atoms with Crippen molar-refractivity contribution in [1.29, 1.82) is 0 Å². The van der Waals surface area contributed by atoms with Gasteiger partial charge in [0.1, 0.15) is 5.60 Å². The number of methoxy groups -OCH3 is 1. The number of hydrogen-bond donors (Lipinski definition) is 0. The molecule has 3 atom stereocenters. The standard InChI is InChI=1S/C13H19NO4/c1-13(2,3)18-12(16)14-7-5-6-8-9(10(8)14)11(15)17-4/h5,7-10H,6H2,1-4H3/t8-,9+,10-/m1/s1. The van der Waals surface area contributed by atoms with Gasteiger partial charge >= 0.3 is 12.1 Å². The predicted octanol–water partition coefficient (Wildman–Crippen LogP) is 1.93. The zero-order valence-electron chi connectivity index (χ0n) is 11.2. The third-order valence-corrected chi connectivity index (χ3v) is 3.20. The summed E-state index contributed by atoms with van der Waals surface area (Å²) >= 11 is 0. The number of carbonyl (C=O) groups is 2. The highest BCUT2D eigenvalue weighted by molar-refractivity contribution is 5.80. The highest BCUT2D eigenvalue weighted by Gasteiger charge is 2.60. The Morgan fingerprint density at radius 3 is 2.56 bits per heavy atom. The minimum absolute atomic E-state index is 0.0997. The molecule has 1 fully saturated rings. The largest absolute Gasteiger partial charge is 0.469 e. The van der Waals surface area contributed by atoms with Crippen LogP contribution in [0.25, 0.3) is 0 Å². The number of rotatable bonds is 1. The number of esters is 1. The van der Waals surface area contributed by atoms with Crippen molar-refractivity contribution in [3.05, 3.63) is 12.3 Å². The molecular formula is C13H19NO4. The number of hydrogen-bond acceptors (Lipinski definition) is 4. The van der Waals surface area contributed by atoms with Crippen LogP contribution in [0.15, 0.2) is 12.3 Å². The number of carbonyl (C=O) groups excluding carboxylic acids is 2. The molecule has 2 rings (SSSR count). The maximum Gasteiger partial charge on any atom is 0.414 e. The number of fused-ring (bicyclic) bond motifs is 1. The van der Waals surface area contributed by atoms with Gasteiger partial charge in [-0.05, 0) is 33.1 Å². The normalized spacial score (nSPS) is 29.6. The van der Waals surface area contributed by atoms with Crippen molar-refractivity contribution >= 4 is 12.1 Å². The van der Waals surface area contributed by atoms with E-state index in [4.69, 9.17) is 9.47 Å². The minimum Gasteiger partial charge on any atom is -0.469 e. The van der Waals surface area contributed by atoms with Crippen molar-refractivity contribution in [2.45, 2.75) is 38.8 Å². The average Bonchev–Trinajstić information content (AvgIpc) is 2.99. The van der Waals surface area contributed by atoms with Gasteiger partial charge in [-0.2, -0.15) is 0 Å². The summed E-state index contributed by atoms with van der Waals surface area (Å²) in [6.07, 6.45) is 4.01. The van der Waals surface area contributed by atoms with E-state index in [0.717, 1.165) is 6.42 Å². The van der Waals surface area contributed by atoms with Gasteiger partial charge in [0, 0.05) is 6.20 Å². The van der Waals surface area contributed by atoms with Crippen molar-refractivity contribution in [2.24, 2.45) is 11.8 Å². The summed E-state index contributed by atoms with van der Waals surface area (Å²) in [5.41, 5.74) is -0.534. The summed E-state index contributed by atoms with van der Waals surface area (Å²) in [4.78, 5) is 25.1. The first kappa shape index (κ1) is 12.9. The zero-order chi connectivity index (χ0) is 13.5. The molecule has 0 radical (unpaired) electrons. The quantitative estimate of drug-likeness (QED) is 0.670. The van der Waals surface area contributed by atoms with Crippen LogP contribution in [0, 0.1) is 11.8 Å². The molecule has 1 amide bonds. The molecule has 1 aliphatic heterocycles. The Morgan fingerprint density at radius 2 is 2.00 bits per heavy atom. The van der Waals surface area contributed by atoms with E-state index in [-0.39, 0.29) is 23.8 Å². The van der Waals surface area contributed by atoms with E-state index >= 15 is 0 Å². The number of ether oxygens (including phenoxy) is 2. The summed E-state index contributed by atoms with van der Waals surface area (Å²) in [5, 5.41) is 0. The molecule has 0 unspecified atom stereocenters. The van der Waals surface area contributed by atoms with Gasteiger partial charge in [-0.15, -0.1) is 0 Å². The van der Waals surface area contributed by atoms with E-state index in [1.54, 1.807) is 6.20 Å². The highest BCUT2D eigenvalue weighted by Crippen LogP contribution is 2.49. The lowest BCUT2D eigenvalue weighted by Gasteiger charge is -2.26. The Kier molecular flexibility index (Phi) is 3.09. The first-order valence-electron chi connectivity index (χ1n) is 6.11. The summed E-state index contributed by atoms with van der Waals surface area (Å²) in [7, 11) is 1.37. The van der Waals surface area contributed by atoms with Crippen LogP contribution in [0.3, 0.4) is 0 Å². The molecule has 0 saturated heterocycles. The Bertz CT molecular complexity index is 396. The van der Waals surface area contributed by atoms with Gasteiger partial charge in [-0.1, -0.05) is 6.08 Å². The highest BCUT2D eigenvalue weighted by atomic mass is 16.6. The Balaban J connectivity index is 2.05. The van der Waals surface area contributed by atoms with E-state index in [2.05, 4.69) is 0 Å². The molecule has 0 aromatic rings. The molecule has 0 spiro atoms. The van der Waals surface area contributed by atoms with Gasteiger partial charge in [0.25, 0.3) is 0 Å². The van der Waals surface area contributed by atoms with Crippen LogP contribution < -0.4 is 0 Å². The molecular weight excluding hydrogens is 234 g/mol. The molecule has 0 bridgehead atoms. The van der Waals surface area contributed by atoms with Gasteiger partial charge in [-0.3, -0.25) is 9.69 Å². The molecule has 2 aliphatic rings. The lowest BCUT2D eigenvalue weighted by molar-refractivity contribution is -0.142. The predicted molar refractivity (Wildman–Crippen MR) is 64.6 cm³/mol. The second-order valence-electron chi connectivity index (χ2n) is 5.71. The van der Waals surface area contributed by atoms with Gasteiger partial charge < -0.3 is 9.47 Å². The van der Waals surface area contributed by atoms with Crippen LogP contribution in [0.4, 0.5) is 4.79 Å². The van der Waals surface area contributed by atoms with Crippen LogP contribution in [0.1, 0.15) is 27.2 Å². The molecule has 1 saturated carbocycles. The van der Waals surface area contributed by atoms with E-state index in [1.165, 1.54) is 12.0 Å². The Hall–Kier alpha value is -1.52. The molecule has 1 aliphatic carbocycles. The van der Waals surface area contributed by atoms with Crippen molar-refractivity contribution in [3.8, 4) is 0 Å². The zero-order valence-corrected chi connectivity index (χ0v) is 11.2. The van der Waals surface area contributed by atoms with Gasteiger partial charge in [0.15, 0.2) is 0 Å². The van der Waals surface area contributed by atoms with Crippen molar-refractivity contribution in [2.75, 3.05) is 7.11 Å². The molecule has 100 valence electrons. The fourth-order valence-corrected chi connectivity index (χ4v) is 2.40. The number of amides is 1. The maximum atomic E-state index is 12.0. The summed E-state index contributed by atoms with van der Waals surface area (Å²) in [5.74, 6) is -0.283. The Morgan fingerprint density at radius 1 is 1.33 bits per heavy atom. The first-order valence-corrected chi connectivity index (χ1v) is 6.11. The summed E-state index contributed by atoms with van der Waals surface area (Å²) in [6, 6.07) is -0.0997. The van der Waals surface area contributed by atoms with Crippen LogP contribution in [-0.2, 0) is 14.3 Å². The minimum atomic E-state index is -0.534. The fraction of sp³-hybridized carbons (Fsp3) is 0.692. The van der Waals surface area contributed by atoms with Crippen molar-refractivity contribution in [1.82, 2.24) is 4.90 Å². The summed E-state index contributed by atoms with van der Waals surface area (Å²) < 4.78 is 10.1. The van der Waals surface area contributed by atoms with E-state index in [1.807, 2.05) is 26.8 Å². The second kappa shape index (κ2) is 4.30. The molecule has 0 aromatic heterocycles. The van der Waals surface area contributed by atoms with Crippen LogP contribution in [0.2, 0.25) is 0 Å². The van der Waals surface area contributed by atoms with Gasteiger partial charge in [-0.25, -0.2) is 4.79 Å². The third kappa shape index (κ3) is 2.35. The van der Waals surface area contributed by atoms with E-state index < -0.39 is 11.7 Å². The summed E-state index contributed by atoms with van der Waals surface area (Å²) in [6.45, 7) is 5.46. The van der Waals surface area contributed by atoms with Gasteiger partial charge in [0.05, 0.1) is 19.1 Å². The molecule has 0 N–H and O–H groups in total. The molecule has 18 heavy (non-hydrogen) atoms. The van der Waals surface area contributed by atoms with Crippen molar-refractivity contribution < 1.29 is 19.1 Å². The molecule has 5 heteroatoms. The van der Waals surface area contributed by atoms with Crippen molar-refractivity contribution in [3.63, 3.8) is 0 Å². The maximum absolute atomic E-state index is 12.0. The van der Waals surface area contributed by atoms with Crippen LogP contribution >= 0.6 is 0 Å². The van der Waals surface area contributed by atoms with Crippen LogP contribution in [0.5, 0.6) is 0 Å². The SMILES string of the molecule is COC(=O)[C@H]1[C@H]2CC=CN(C(=O)OC(C)(C)C)[C@H]21. The average molecular weight is 253 g/mol. The van der Waals surface area contributed by atoms with Crippen LogP contribution in [-0.4, -0.2) is 35.7 Å².